The van der Waals surface area contributed by atoms with Crippen LogP contribution in [0.5, 0.6) is 0 Å². The van der Waals surface area contributed by atoms with Crippen LogP contribution in [0.1, 0.15) is 19.3 Å². The van der Waals surface area contributed by atoms with Crippen LogP contribution >= 0.6 is 28.3 Å². The third-order valence-electron chi connectivity index (χ3n) is 4.37. The summed E-state index contributed by atoms with van der Waals surface area (Å²) in [4.78, 5) is 28.8. The maximum atomic E-state index is 12.5. The van der Waals surface area contributed by atoms with Crippen molar-refractivity contribution in [3.8, 4) is 0 Å². The lowest BCUT2D eigenvalue weighted by Crippen LogP contribution is -2.35. The highest BCUT2D eigenvalue weighted by Gasteiger charge is 2.13. The summed E-state index contributed by atoms with van der Waals surface area (Å²) in [6.45, 7) is 2.76. The Balaban J connectivity index is 0.00000225. The Morgan fingerprint density at radius 1 is 1.44 bits per heavy atom. The highest BCUT2D eigenvalue weighted by Crippen LogP contribution is 2.15. The van der Waals surface area contributed by atoms with Crippen molar-refractivity contribution in [3.63, 3.8) is 0 Å². The molecule has 25 heavy (non-hydrogen) atoms. The summed E-state index contributed by atoms with van der Waals surface area (Å²) < 4.78 is 2.17. The van der Waals surface area contributed by atoms with Crippen molar-refractivity contribution in [2.45, 2.75) is 25.8 Å². The lowest BCUT2D eigenvalue weighted by atomic mass is 9.96. The van der Waals surface area contributed by atoms with Gasteiger partial charge in [-0.1, -0.05) is 15.9 Å². The number of amides is 1. The van der Waals surface area contributed by atoms with E-state index < -0.39 is 0 Å². The molecule has 2 heterocycles. The zero-order valence-corrected chi connectivity index (χ0v) is 16.2. The maximum Gasteiger partial charge on any atom is 0.261 e. The molecular weight excluding hydrogens is 408 g/mol. The van der Waals surface area contributed by atoms with Gasteiger partial charge >= 0.3 is 0 Å². The minimum Gasteiger partial charge on any atom is -0.355 e. The van der Waals surface area contributed by atoms with Crippen molar-refractivity contribution in [1.29, 1.82) is 0 Å². The quantitative estimate of drug-likeness (QED) is 0.763. The molecule has 1 fully saturated rings. The third-order valence-corrected chi connectivity index (χ3v) is 4.87. The van der Waals surface area contributed by atoms with Crippen LogP contribution in [0.25, 0.3) is 10.9 Å². The van der Waals surface area contributed by atoms with Gasteiger partial charge in [-0.15, -0.1) is 12.4 Å². The van der Waals surface area contributed by atoms with Gasteiger partial charge in [0.25, 0.3) is 5.56 Å². The normalized spacial score (nSPS) is 17.1. The second-order valence-electron chi connectivity index (χ2n) is 6.19. The molecule has 2 N–H and O–H groups in total. The maximum absolute atomic E-state index is 12.5. The highest BCUT2D eigenvalue weighted by atomic mass is 79.9. The van der Waals surface area contributed by atoms with E-state index in [1.54, 1.807) is 12.1 Å². The van der Waals surface area contributed by atoms with E-state index in [9.17, 15) is 9.59 Å². The Hall–Kier alpha value is -1.44. The summed E-state index contributed by atoms with van der Waals surface area (Å²) in [6, 6.07) is 5.35. The standard InChI is InChI=1S/C17H21BrN4O2.ClH/c18-13-3-4-15-14(8-13)17(24)22(11-21-15)10-16(23)20-7-5-12-2-1-6-19-9-12;/h3-4,8,11-12,19H,1-2,5-7,9-10H2,(H,20,23);1H. The lowest BCUT2D eigenvalue weighted by molar-refractivity contribution is -0.121. The number of nitrogens with zero attached hydrogens (tertiary/aromatic N) is 2. The van der Waals surface area contributed by atoms with Crippen molar-refractivity contribution in [2.75, 3.05) is 19.6 Å². The van der Waals surface area contributed by atoms with Crippen LogP contribution < -0.4 is 16.2 Å². The Bertz CT molecular complexity index is 790. The Morgan fingerprint density at radius 2 is 2.28 bits per heavy atom. The number of benzene rings is 1. The van der Waals surface area contributed by atoms with Crippen LogP contribution in [0.4, 0.5) is 0 Å². The molecule has 0 bridgehead atoms. The molecule has 0 radical (unpaired) electrons. The molecule has 8 heteroatoms. The zero-order valence-electron chi connectivity index (χ0n) is 13.8. The second-order valence-corrected chi connectivity index (χ2v) is 7.11. The van der Waals surface area contributed by atoms with Gasteiger partial charge in [0.1, 0.15) is 6.54 Å². The number of halogens is 2. The van der Waals surface area contributed by atoms with Crippen LogP contribution in [0.3, 0.4) is 0 Å². The topological polar surface area (TPSA) is 76.0 Å². The first-order valence-electron chi connectivity index (χ1n) is 8.25. The minimum absolute atomic E-state index is 0. The Labute approximate surface area is 160 Å². The minimum atomic E-state index is -0.201. The first kappa shape index (κ1) is 19.9. The number of piperidine rings is 1. The van der Waals surface area contributed by atoms with E-state index in [0.29, 0.717) is 23.4 Å². The van der Waals surface area contributed by atoms with Crippen LogP contribution in [-0.4, -0.2) is 35.1 Å². The van der Waals surface area contributed by atoms with Crippen molar-refractivity contribution >= 4 is 45.1 Å². The van der Waals surface area contributed by atoms with Gasteiger partial charge in [0.05, 0.1) is 17.2 Å². The van der Waals surface area contributed by atoms with Gasteiger partial charge in [-0.05, 0) is 56.5 Å². The molecule has 0 spiro atoms. The molecule has 1 amide bonds. The number of nitrogens with one attached hydrogen (secondary N) is 2. The summed E-state index contributed by atoms with van der Waals surface area (Å²) in [5.41, 5.74) is 0.428. The summed E-state index contributed by atoms with van der Waals surface area (Å²) in [5.74, 6) is 0.471. The fraction of sp³-hybridized carbons (Fsp3) is 0.471. The highest BCUT2D eigenvalue weighted by molar-refractivity contribution is 9.10. The van der Waals surface area contributed by atoms with Crippen molar-refractivity contribution in [2.24, 2.45) is 5.92 Å². The van der Waals surface area contributed by atoms with E-state index in [1.807, 2.05) is 6.07 Å². The first-order valence-corrected chi connectivity index (χ1v) is 9.05. The van der Waals surface area contributed by atoms with Gasteiger partial charge in [0.2, 0.25) is 5.91 Å². The molecule has 0 aliphatic carbocycles. The van der Waals surface area contributed by atoms with E-state index in [2.05, 4.69) is 31.5 Å². The number of aromatic nitrogens is 2. The van der Waals surface area contributed by atoms with E-state index >= 15 is 0 Å². The number of fused-ring (bicyclic) bond motifs is 1. The molecular formula is C17H22BrClN4O2. The molecule has 6 nitrogen and oxygen atoms in total. The monoisotopic (exact) mass is 428 g/mol. The Kier molecular flexibility index (Phi) is 7.40. The zero-order chi connectivity index (χ0) is 16.9. The summed E-state index contributed by atoms with van der Waals surface area (Å²) in [5, 5.41) is 6.78. The van der Waals surface area contributed by atoms with Crippen LogP contribution in [0.2, 0.25) is 0 Å². The number of hydrogen-bond donors (Lipinski definition) is 2. The summed E-state index contributed by atoms with van der Waals surface area (Å²) >= 11 is 3.35. The molecule has 0 saturated carbocycles. The SMILES string of the molecule is Cl.O=C(Cn1cnc2ccc(Br)cc2c1=O)NCCC1CCCNC1. The average Bonchev–Trinajstić information content (AvgIpc) is 2.59. The molecule has 2 aromatic rings. The molecule has 1 atom stereocenters. The predicted octanol–water partition coefficient (Wildman–Crippen LogP) is 2.09. The van der Waals surface area contributed by atoms with Crippen molar-refractivity contribution in [1.82, 2.24) is 20.2 Å². The number of carbonyl (C=O) groups is 1. The van der Waals surface area contributed by atoms with Crippen LogP contribution in [0.15, 0.2) is 33.8 Å². The second kappa shape index (κ2) is 9.31. The number of hydrogen-bond acceptors (Lipinski definition) is 4. The third kappa shape index (κ3) is 5.26. The van der Waals surface area contributed by atoms with Crippen LogP contribution in [-0.2, 0) is 11.3 Å². The fourth-order valence-electron chi connectivity index (χ4n) is 3.04. The van der Waals surface area contributed by atoms with Crippen molar-refractivity contribution < 1.29 is 4.79 Å². The predicted molar refractivity (Wildman–Crippen MR) is 104 cm³/mol. The number of carbonyl (C=O) groups excluding carboxylic acids is 1. The molecule has 1 saturated heterocycles. The molecule has 1 aliphatic heterocycles. The molecule has 3 rings (SSSR count). The van der Waals surface area contributed by atoms with E-state index in [1.165, 1.54) is 23.7 Å². The number of rotatable bonds is 5. The molecule has 136 valence electrons. The van der Waals surface area contributed by atoms with E-state index in [0.717, 1.165) is 24.0 Å². The van der Waals surface area contributed by atoms with Crippen LogP contribution in [0, 0.1) is 5.92 Å². The first-order chi connectivity index (χ1) is 11.6. The Morgan fingerprint density at radius 3 is 3.04 bits per heavy atom. The van der Waals surface area contributed by atoms with Gasteiger partial charge < -0.3 is 10.6 Å². The van der Waals surface area contributed by atoms with Gasteiger partial charge in [0.15, 0.2) is 0 Å². The smallest absolute Gasteiger partial charge is 0.261 e. The molecule has 1 unspecified atom stereocenters. The van der Waals surface area contributed by atoms with E-state index in [4.69, 9.17) is 0 Å². The van der Waals surface area contributed by atoms with Crippen molar-refractivity contribution in [3.05, 3.63) is 39.4 Å². The summed E-state index contributed by atoms with van der Waals surface area (Å²) in [6.07, 6.45) is 4.82. The van der Waals surface area contributed by atoms with Gasteiger partial charge in [-0.3, -0.25) is 14.2 Å². The molecule has 1 aromatic heterocycles. The largest absolute Gasteiger partial charge is 0.355 e. The van der Waals surface area contributed by atoms with Gasteiger partial charge in [-0.2, -0.15) is 0 Å². The van der Waals surface area contributed by atoms with Gasteiger partial charge in [-0.25, -0.2) is 4.98 Å². The van der Waals surface area contributed by atoms with Gasteiger partial charge in [0, 0.05) is 11.0 Å². The molecule has 1 aliphatic rings. The fourth-order valence-corrected chi connectivity index (χ4v) is 3.40. The average molecular weight is 430 g/mol. The molecule has 1 aromatic carbocycles. The summed E-state index contributed by atoms with van der Waals surface area (Å²) in [7, 11) is 0. The lowest BCUT2D eigenvalue weighted by Gasteiger charge is -2.22. The van der Waals surface area contributed by atoms with E-state index in [-0.39, 0.29) is 30.4 Å².